The van der Waals surface area contributed by atoms with Crippen molar-refractivity contribution >= 4 is 26.8 Å². The van der Waals surface area contributed by atoms with Crippen LogP contribution in [0.4, 0.5) is 0 Å². The van der Waals surface area contributed by atoms with Gasteiger partial charge in [0.1, 0.15) is 0 Å². The summed E-state index contributed by atoms with van der Waals surface area (Å²) < 4.78 is 1.11. The summed E-state index contributed by atoms with van der Waals surface area (Å²) in [6.45, 7) is 2.81. The average Bonchev–Trinajstić information content (AvgIpc) is 3.10. The number of halogens is 1. The molecule has 27 heavy (non-hydrogen) atoms. The molecule has 0 amide bonds. The predicted octanol–water partition coefficient (Wildman–Crippen LogP) is 4.95. The molecule has 2 aromatic heterocycles. The van der Waals surface area contributed by atoms with Crippen molar-refractivity contribution in [3.05, 3.63) is 82.2 Å². The molecule has 0 saturated heterocycles. The van der Waals surface area contributed by atoms with Crippen molar-refractivity contribution < 1.29 is 0 Å². The number of rotatable bonds is 3. The van der Waals surface area contributed by atoms with Gasteiger partial charge in [0.2, 0.25) is 0 Å². The van der Waals surface area contributed by atoms with Gasteiger partial charge in [-0.1, -0.05) is 46.3 Å². The molecule has 4 nitrogen and oxygen atoms in total. The molecule has 4 aromatic rings. The lowest BCUT2D eigenvalue weighted by Gasteiger charge is -2.27. The maximum atomic E-state index is 4.87. The van der Waals surface area contributed by atoms with Crippen LogP contribution in [0.2, 0.25) is 0 Å². The summed E-state index contributed by atoms with van der Waals surface area (Å²) in [4.78, 5) is 15.3. The summed E-state index contributed by atoms with van der Waals surface area (Å²) in [5.74, 6) is 0.812. The third-order valence-corrected chi connectivity index (χ3v) is 5.67. The molecule has 5 rings (SSSR count). The van der Waals surface area contributed by atoms with Crippen LogP contribution in [-0.4, -0.2) is 26.4 Å². The molecule has 2 aromatic carbocycles. The summed E-state index contributed by atoms with van der Waals surface area (Å²) >= 11 is 3.58. The van der Waals surface area contributed by atoms with E-state index in [-0.39, 0.29) is 0 Å². The van der Waals surface area contributed by atoms with Gasteiger partial charge in [0.25, 0.3) is 0 Å². The van der Waals surface area contributed by atoms with Gasteiger partial charge < -0.3 is 4.98 Å². The minimum absolute atomic E-state index is 0.812. The number of hydrogen-bond donors (Lipinski definition) is 1. The van der Waals surface area contributed by atoms with Gasteiger partial charge in [-0.05, 0) is 35.7 Å². The first kappa shape index (κ1) is 16.7. The van der Waals surface area contributed by atoms with E-state index in [9.17, 15) is 0 Å². The molecule has 0 aliphatic carbocycles. The number of nitrogens with one attached hydrogen (secondary N) is 1. The Kier molecular flexibility index (Phi) is 4.26. The van der Waals surface area contributed by atoms with Crippen LogP contribution in [0, 0.1) is 0 Å². The van der Waals surface area contributed by atoms with E-state index in [1.165, 1.54) is 22.0 Å². The fraction of sp³-hybridized carbons (Fsp3) is 0.182. The topological polar surface area (TPSA) is 44.8 Å². The maximum absolute atomic E-state index is 4.87. The number of benzene rings is 2. The molecular weight excluding hydrogens is 400 g/mol. The molecule has 1 aliphatic rings. The van der Waals surface area contributed by atoms with Gasteiger partial charge in [-0.2, -0.15) is 0 Å². The lowest BCUT2D eigenvalue weighted by molar-refractivity contribution is 0.242. The molecule has 0 fully saturated rings. The Morgan fingerprint density at radius 2 is 2.00 bits per heavy atom. The third kappa shape index (κ3) is 3.29. The Balaban J connectivity index is 1.41. The smallest absolute Gasteiger partial charge is 0.159 e. The van der Waals surface area contributed by atoms with Crippen molar-refractivity contribution in [1.82, 2.24) is 19.9 Å². The van der Waals surface area contributed by atoms with Crippen LogP contribution in [0.5, 0.6) is 0 Å². The van der Waals surface area contributed by atoms with E-state index in [4.69, 9.17) is 4.98 Å². The van der Waals surface area contributed by atoms with E-state index >= 15 is 0 Å². The molecule has 0 bridgehead atoms. The summed E-state index contributed by atoms with van der Waals surface area (Å²) in [5.41, 5.74) is 5.99. The van der Waals surface area contributed by atoms with Crippen LogP contribution in [0.15, 0.2) is 65.4 Å². The number of fused-ring (bicyclic) bond motifs is 2. The van der Waals surface area contributed by atoms with Gasteiger partial charge in [0.15, 0.2) is 5.82 Å². The Labute approximate surface area is 166 Å². The van der Waals surface area contributed by atoms with Crippen LogP contribution < -0.4 is 0 Å². The first-order valence-electron chi connectivity index (χ1n) is 9.14. The molecular formula is C22H19BrN4. The monoisotopic (exact) mass is 418 g/mol. The summed E-state index contributed by atoms with van der Waals surface area (Å²) in [7, 11) is 0. The molecule has 0 spiro atoms. The number of hydrogen-bond acceptors (Lipinski definition) is 3. The number of aromatic amines is 1. The molecule has 0 radical (unpaired) electrons. The minimum Gasteiger partial charge on any atom is -0.361 e. The Morgan fingerprint density at radius 1 is 1.11 bits per heavy atom. The second kappa shape index (κ2) is 6.91. The number of aromatic nitrogens is 3. The van der Waals surface area contributed by atoms with Crippen molar-refractivity contribution in [3.63, 3.8) is 0 Å². The molecule has 134 valence electrons. The standard InChI is InChI=1S/C22H19BrN4/c23-18-6-7-20-19(10-18)17(12-24-20)13-27-9-8-16-11-25-22(26-21(16)14-27)15-4-2-1-3-5-15/h1-7,10-12,24H,8-9,13-14H2. The first-order valence-corrected chi connectivity index (χ1v) is 9.94. The van der Waals surface area contributed by atoms with E-state index in [1.807, 2.05) is 24.4 Å². The molecule has 1 N–H and O–H groups in total. The molecule has 0 saturated carbocycles. The molecule has 3 heterocycles. The number of H-pyrrole nitrogens is 1. The van der Waals surface area contributed by atoms with E-state index in [0.717, 1.165) is 47.6 Å². The minimum atomic E-state index is 0.812. The zero-order chi connectivity index (χ0) is 18.2. The first-order chi connectivity index (χ1) is 13.3. The zero-order valence-corrected chi connectivity index (χ0v) is 16.4. The van der Waals surface area contributed by atoms with E-state index < -0.39 is 0 Å². The lowest BCUT2D eigenvalue weighted by Crippen LogP contribution is -2.31. The fourth-order valence-electron chi connectivity index (χ4n) is 3.74. The highest BCUT2D eigenvalue weighted by molar-refractivity contribution is 9.10. The third-order valence-electron chi connectivity index (χ3n) is 5.18. The summed E-state index contributed by atoms with van der Waals surface area (Å²) in [6.07, 6.45) is 5.13. The summed E-state index contributed by atoms with van der Waals surface area (Å²) in [5, 5.41) is 1.28. The van der Waals surface area contributed by atoms with Crippen LogP contribution in [-0.2, 0) is 19.5 Å². The lowest BCUT2D eigenvalue weighted by atomic mass is 10.1. The Hall–Kier alpha value is -2.50. The van der Waals surface area contributed by atoms with Gasteiger partial charge in [0.05, 0.1) is 5.69 Å². The van der Waals surface area contributed by atoms with Crippen LogP contribution in [0.3, 0.4) is 0 Å². The van der Waals surface area contributed by atoms with E-state index in [2.05, 4.69) is 67.3 Å². The maximum Gasteiger partial charge on any atom is 0.159 e. The molecule has 0 atom stereocenters. The Morgan fingerprint density at radius 3 is 2.89 bits per heavy atom. The largest absolute Gasteiger partial charge is 0.361 e. The fourth-order valence-corrected chi connectivity index (χ4v) is 4.10. The van der Waals surface area contributed by atoms with Crippen LogP contribution in [0.25, 0.3) is 22.3 Å². The normalized spacial score (nSPS) is 14.4. The van der Waals surface area contributed by atoms with Gasteiger partial charge in [-0.3, -0.25) is 4.90 Å². The van der Waals surface area contributed by atoms with Crippen LogP contribution >= 0.6 is 15.9 Å². The van der Waals surface area contributed by atoms with Crippen molar-refractivity contribution in [1.29, 1.82) is 0 Å². The average molecular weight is 419 g/mol. The quantitative estimate of drug-likeness (QED) is 0.511. The van der Waals surface area contributed by atoms with Crippen molar-refractivity contribution in [2.45, 2.75) is 19.5 Å². The second-order valence-electron chi connectivity index (χ2n) is 7.00. The predicted molar refractivity (Wildman–Crippen MR) is 111 cm³/mol. The van der Waals surface area contributed by atoms with E-state index in [0.29, 0.717) is 0 Å². The van der Waals surface area contributed by atoms with Gasteiger partial charge in [-0.25, -0.2) is 9.97 Å². The Bertz CT molecular complexity index is 1100. The summed E-state index contributed by atoms with van der Waals surface area (Å²) in [6, 6.07) is 16.6. The van der Waals surface area contributed by atoms with Gasteiger partial charge in [-0.15, -0.1) is 0 Å². The number of nitrogens with zero attached hydrogens (tertiary/aromatic N) is 3. The SMILES string of the molecule is Brc1ccc2[nH]cc(CN3CCc4cnc(-c5ccccc5)nc4C3)c2c1. The second-order valence-corrected chi connectivity index (χ2v) is 7.91. The molecule has 1 aliphatic heterocycles. The van der Waals surface area contributed by atoms with Gasteiger partial charge in [0, 0.05) is 53.0 Å². The van der Waals surface area contributed by atoms with Crippen molar-refractivity contribution in [2.24, 2.45) is 0 Å². The highest BCUT2D eigenvalue weighted by atomic mass is 79.9. The van der Waals surface area contributed by atoms with Crippen LogP contribution in [0.1, 0.15) is 16.8 Å². The highest BCUT2D eigenvalue weighted by Crippen LogP contribution is 2.26. The molecule has 5 heteroatoms. The van der Waals surface area contributed by atoms with Gasteiger partial charge >= 0.3 is 0 Å². The van der Waals surface area contributed by atoms with E-state index in [1.54, 1.807) is 0 Å². The van der Waals surface area contributed by atoms with Crippen molar-refractivity contribution in [2.75, 3.05) is 6.54 Å². The molecule has 0 unspecified atom stereocenters. The highest BCUT2D eigenvalue weighted by Gasteiger charge is 2.20. The zero-order valence-electron chi connectivity index (χ0n) is 14.8. The van der Waals surface area contributed by atoms with Crippen molar-refractivity contribution in [3.8, 4) is 11.4 Å².